The van der Waals surface area contributed by atoms with Gasteiger partial charge in [-0.15, -0.1) is 11.8 Å². The average molecular weight is 1520 g/mol. The number of aryl methyl sites for hydroxylation is 4. The molecule has 0 atom stereocenters. The highest BCUT2D eigenvalue weighted by atomic mass is 32.2. The number of para-hydroxylation sites is 3. The van der Waals surface area contributed by atoms with Gasteiger partial charge in [0.1, 0.15) is 29.6 Å². The lowest BCUT2D eigenvalue weighted by molar-refractivity contribution is -0.112. The Labute approximate surface area is 652 Å². The molecule has 6 N–H and O–H groups in total. The van der Waals surface area contributed by atoms with Crippen molar-refractivity contribution in [2.24, 2.45) is 21.1 Å². The van der Waals surface area contributed by atoms with Gasteiger partial charge in [-0.25, -0.2) is 29.9 Å². The standard InChI is InChI=1S/C29H34N6O2.C28H32N6O3.C28H32N6O2S/c1-6-28(36)31-24-18-25(27(37-7-2)17-20(24)11-10-16-34(3)4)33-29-30-15-14-23(32-29)22-19-35(5)26-13-9-8-12-21(22)26;1-6-27(35)30-22-16-23(25(36-7-2)17-26(22)37-15-14-33(3)4)32-28-29-13-12-21(31-28)20-18-34(5)24-11-9-8-10-19(20)24;1-6-27(35)30-23-16-22(25(36-7-2)17-26(23)37-15-14-33(3)4)32-28-29-13-12-21(31-28)20-18-34(5)24-11-9-8-10-19(20)24/h6,8-9,12-15,17-19H,1,7,10-11,16H2,2-5H3,(H,31,36)(H,30,32,33);2*6,8-13,16-18H,1,7,14-15H2,2-5H3,(H,30,35)(H,29,31,32). The number of nitrogens with one attached hydrogen (secondary N) is 6. The fourth-order valence-electron chi connectivity index (χ4n) is 12.1. The molecule has 576 valence electrons. The lowest BCUT2D eigenvalue weighted by atomic mass is 10.0. The molecular weight excluding hydrogens is 1420 g/mol. The maximum Gasteiger partial charge on any atom is 0.247 e. The first-order valence-electron chi connectivity index (χ1n) is 36.5. The molecular formula is C85H98N18O7S. The van der Waals surface area contributed by atoms with Crippen molar-refractivity contribution in [1.82, 2.24) is 58.3 Å². The van der Waals surface area contributed by atoms with Gasteiger partial charge in [0, 0.05) is 143 Å². The van der Waals surface area contributed by atoms with Crippen molar-refractivity contribution in [3.63, 3.8) is 0 Å². The number of rotatable bonds is 33. The Kier molecular flexibility index (Phi) is 28.6. The second-order valence-corrected chi connectivity index (χ2v) is 27.6. The van der Waals surface area contributed by atoms with Gasteiger partial charge >= 0.3 is 0 Å². The van der Waals surface area contributed by atoms with Crippen molar-refractivity contribution in [2.75, 3.05) is 126 Å². The highest BCUT2D eigenvalue weighted by Gasteiger charge is 2.21. The molecule has 12 rings (SSSR count). The van der Waals surface area contributed by atoms with Crippen molar-refractivity contribution in [3.05, 3.63) is 208 Å². The van der Waals surface area contributed by atoms with E-state index >= 15 is 0 Å². The largest absolute Gasteiger partial charge is 0.492 e. The van der Waals surface area contributed by atoms with Gasteiger partial charge in [0.25, 0.3) is 0 Å². The molecule has 0 saturated heterocycles. The molecule has 0 aliphatic carbocycles. The van der Waals surface area contributed by atoms with Crippen LogP contribution in [0.1, 0.15) is 32.8 Å². The zero-order chi connectivity index (χ0) is 79.1. The Morgan fingerprint density at radius 2 is 0.811 bits per heavy atom. The van der Waals surface area contributed by atoms with E-state index < -0.39 is 0 Å². The molecule has 0 fully saturated rings. The number of likely N-dealkylation sites (N-methyl/N-ethyl adjacent to an activating group) is 1. The zero-order valence-electron chi connectivity index (χ0n) is 65.1. The third-order valence-electron chi connectivity index (χ3n) is 17.5. The van der Waals surface area contributed by atoms with E-state index in [2.05, 4.69) is 145 Å². The molecule has 3 amide bonds. The van der Waals surface area contributed by atoms with Crippen LogP contribution >= 0.6 is 11.8 Å². The first-order valence-corrected chi connectivity index (χ1v) is 37.5. The molecule has 6 aromatic heterocycles. The minimum absolute atomic E-state index is 0.266. The number of nitrogens with zero attached hydrogens (tertiary/aromatic N) is 12. The predicted molar refractivity (Wildman–Crippen MR) is 451 cm³/mol. The van der Waals surface area contributed by atoms with E-state index in [1.807, 2.05) is 168 Å². The van der Waals surface area contributed by atoms with Crippen LogP contribution in [0, 0.1) is 0 Å². The van der Waals surface area contributed by atoms with E-state index in [1.165, 1.54) is 18.2 Å². The number of anilines is 9. The Morgan fingerprint density at radius 3 is 1.23 bits per heavy atom. The van der Waals surface area contributed by atoms with E-state index in [-0.39, 0.29) is 17.7 Å². The van der Waals surface area contributed by atoms with Crippen LogP contribution in [0.2, 0.25) is 0 Å². The molecule has 12 aromatic rings. The summed E-state index contributed by atoms with van der Waals surface area (Å²) >= 11 is 1.65. The molecule has 0 unspecified atom stereocenters. The van der Waals surface area contributed by atoms with Crippen molar-refractivity contribution < 1.29 is 33.3 Å². The molecule has 6 heterocycles. The van der Waals surface area contributed by atoms with Crippen molar-refractivity contribution in [3.8, 4) is 56.8 Å². The molecule has 0 radical (unpaired) electrons. The summed E-state index contributed by atoms with van der Waals surface area (Å²) in [6.45, 7) is 20.9. The highest BCUT2D eigenvalue weighted by molar-refractivity contribution is 7.99. The first-order chi connectivity index (χ1) is 53.7. The normalized spacial score (nSPS) is 11.0. The van der Waals surface area contributed by atoms with Crippen LogP contribution in [-0.2, 0) is 41.9 Å². The van der Waals surface area contributed by atoms with Gasteiger partial charge in [-0.3, -0.25) is 14.4 Å². The molecule has 0 aliphatic rings. The van der Waals surface area contributed by atoms with Gasteiger partial charge in [0.2, 0.25) is 35.6 Å². The number of hydrogen-bond donors (Lipinski definition) is 6. The van der Waals surface area contributed by atoms with Crippen molar-refractivity contribution >= 4 is 114 Å². The molecule has 0 spiro atoms. The first kappa shape index (κ1) is 81.2. The Morgan fingerprint density at radius 1 is 0.441 bits per heavy atom. The third-order valence-corrected chi connectivity index (χ3v) is 18.5. The molecule has 0 bridgehead atoms. The van der Waals surface area contributed by atoms with Gasteiger partial charge < -0.3 is 79.2 Å². The summed E-state index contributed by atoms with van der Waals surface area (Å²) < 4.78 is 30.1. The SMILES string of the molecule is C=CC(=O)Nc1cc(Nc2nccc(-c3cn(C)c4ccccc34)n2)c(OCC)cc1CCCN(C)C.C=CC(=O)Nc1cc(Nc2nccc(-c3cn(C)c4ccccc34)n2)c(OCC)cc1OCCN(C)C.C=CC(=O)Nc1cc(Nc2nccc(-c3cn(C)c4ccccc34)n2)c(OCC)cc1SCCN(C)C. The predicted octanol–water partition coefficient (Wildman–Crippen LogP) is 15.8. The number of benzene rings is 6. The molecule has 0 aliphatic heterocycles. The molecule has 0 saturated carbocycles. The Bertz CT molecular complexity index is 4750. The third kappa shape index (κ3) is 21.5. The van der Waals surface area contributed by atoms with Gasteiger partial charge in [-0.2, -0.15) is 0 Å². The summed E-state index contributed by atoms with van der Waals surface area (Å²) in [6, 6.07) is 41.5. The second-order valence-electron chi connectivity index (χ2n) is 26.5. The lowest BCUT2D eigenvalue weighted by Gasteiger charge is -2.19. The number of fused-ring (bicyclic) bond motifs is 3. The lowest BCUT2D eigenvalue weighted by Crippen LogP contribution is -2.20. The number of carbonyl (C=O) groups excluding carboxylic acids is 3. The summed E-state index contributed by atoms with van der Waals surface area (Å²) in [6.07, 6.45) is 16.9. The van der Waals surface area contributed by atoms with Crippen LogP contribution in [0.25, 0.3) is 66.5 Å². The van der Waals surface area contributed by atoms with Crippen LogP contribution < -0.4 is 50.8 Å². The number of carbonyl (C=O) groups is 3. The van der Waals surface area contributed by atoms with Gasteiger partial charge in [-0.1, -0.05) is 74.3 Å². The highest BCUT2D eigenvalue weighted by Crippen LogP contribution is 2.42. The quantitative estimate of drug-likeness (QED) is 0.0165. The van der Waals surface area contributed by atoms with Crippen LogP contribution in [-0.4, -0.2) is 170 Å². The van der Waals surface area contributed by atoms with Crippen LogP contribution in [0.15, 0.2) is 207 Å². The van der Waals surface area contributed by atoms with Crippen molar-refractivity contribution in [1.29, 1.82) is 0 Å². The number of thioether (sulfide) groups is 1. The van der Waals surface area contributed by atoms with E-state index in [1.54, 1.807) is 42.5 Å². The summed E-state index contributed by atoms with van der Waals surface area (Å²) in [5, 5.41) is 21.9. The number of hydrogen-bond acceptors (Lipinski definition) is 20. The van der Waals surface area contributed by atoms with Crippen LogP contribution in [0.3, 0.4) is 0 Å². The van der Waals surface area contributed by atoms with Gasteiger partial charge in [0.15, 0.2) is 0 Å². The summed E-state index contributed by atoms with van der Waals surface area (Å²) in [5.41, 5.74) is 13.7. The molecule has 111 heavy (non-hydrogen) atoms. The van der Waals surface area contributed by atoms with Gasteiger partial charge in [0.05, 0.1) is 65.3 Å². The molecule has 6 aromatic carbocycles. The van der Waals surface area contributed by atoms with E-state index in [0.717, 1.165) is 109 Å². The molecule has 26 heteroatoms. The smallest absolute Gasteiger partial charge is 0.247 e. The summed E-state index contributed by atoms with van der Waals surface area (Å²) in [5.74, 6) is 3.62. The fraction of sp³-hybridized carbons (Fsp3) is 0.259. The topological polar surface area (TPSA) is 262 Å². The maximum absolute atomic E-state index is 12.2. The Balaban J connectivity index is 0.000000177. The number of ether oxygens (including phenoxy) is 4. The van der Waals surface area contributed by atoms with E-state index in [9.17, 15) is 14.4 Å². The number of amides is 3. The zero-order valence-corrected chi connectivity index (χ0v) is 66.0. The number of aromatic nitrogens is 9. The monoisotopic (exact) mass is 1510 g/mol. The minimum atomic E-state index is -0.346. The van der Waals surface area contributed by atoms with Crippen LogP contribution in [0.4, 0.5) is 52.0 Å². The van der Waals surface area contributed by atoms with E-state index in [4.69, 9.17) is 33.9 Å². The second kappa shape index (κ2) is 39.1. The average Bonchev–Trinajstić information content (AvgIpc) is 1.70. The maximum atomic E-state index is 12.2. The van der Waals surface area contributed by atoms with Crippen LogP contribution in [0.5, 0.6) is 23.0 Å². The minimum Gasteiger partial charge on any atom is -0.492 e. The summed E-state index contributed by atoms with van der Waals surface area (Å²) in [4.78, 5) is 71.4. The molecule has 25 nitrogen and oxygen atoms in total. The Hall–Kier alpha value is -12.4. The summed E-state index contributed by atoms with van der Waals surface area (Å²) in [7, 11) is 18.2. The van der Waals surface area contributed by atoms with E-state index in [0.29, 0.717) is 108 Å². The fourth-order valence-corrected chi connectivity index (χ4v) is 13.3. The van der Waals surface area contributed by atoms with Crippen molar-refractivity contribution in [2.45, 2.75) is 38.5 Å². The van der Waals surface area contributed by atoms with Gasteiger partial charge in [-0.05, 0) is 173 Å².